The van der Waals surface area contributed by atoms with Crippen molar-refractivity contribution in [3.63, 3.8) is 0 Å². The molecule has 1 saturated heterocycles. The second-order valence-corrected chi connectivity index (χ2v) is 8.68. The van der Waals surface area contributed by atoms with Gasteiger partial charge in [-0.05, 0) is 55.0 Å². The summed E-state index contributed by atoms with van der Waals surface area (Å²) in [6.07, 6.45) is 2.34. The van der Waals surface area contributed by atoms with Crippen LogP contribution in [-0.4, -0.2) is 55.8 Å². The Labute approximate surface area is 169 Å². The standard InChI is InChI=1S/C21H22N2O5S/c1-16(24)18-6-8-19(9-7-18)22-11-13-23(14-12-22)29(27,28)20-4-2-3-17(15-20)5-10-21(25)26/h2-10,15H,11-14H2,1H3,(H,25,26)/b10-5+. The highest BCUT2D eigenvalue weighted by atomic mass is 32.2. The summed E-state index contributed by atoms with van der Waals surface area (Å²) in [5, 5.41) is 8.73. The molecule has 0 aromatic heterocycles. The van der Waals surface area contributed by atoms with Gasteiger partial charge in [0.05, 0.1) is 4.90 Å². The molecule has 8 heteroatoms. The van der Waals surface area contributed by atoms with E-state index in [1.165, 1.54) is 29.4 Å². The summed E-state index contributed by atoms with van der Waals surface area (Å²) in [6, 6.07) is 13.5. The van der Waals surface area contributed by atoms with E-state index in [9.17, 15) is 18.0 Å². The third-order valence-electron chi connectivity index (χ3n) is 4.79. The average molecular weight is 414 g/mol. The van der Waals surface area contributed by atoms with Gasteiger partial charge in [-0.25, -0.2) is 13.2 Å². The van der Waals surface area contributed by atoms with E-state index in [1.54, 1.807) is 24.3 Å². The normalized spacial score (nSPS) is 15.6. The second kappa shape index (κ2) is 8.59. The summed E-state index contributed by atoms with van der Waals surface area (Å²) >= 11 is 0. The molecule has 0 aliphatic carbocycles. The van der Waals surface area contributed by atoms with E-state index in [2.05, 4.69) is 4.90 Å². The molecule has 1 aliphatic heterocycles. The highest BCUT2D eigenvalue weighted by Gasteiger charge is 2.28. The lowest BCUT2D eigenvalue weighted by molar-refractivity contribution is -0.131. The van der Waals surface area contributed by atoms with E-state index in [-0.39, 0.29) is 10.7 Å². The summed E-state index contributed by atoms with van der Waals surface area (Å²) in [5.74, 6) is -1.08. The van der Waals surface area contributed by atoms with Gasteiger partial charge in [0.15, 0.2) is 5.78 Å². The summed E-state index contributed by atoms with van der Waals surface area (Å²) in [6.45, 7) is 3.28. The van der Waals surface area contributed by atoms with Crippen LogP contribution in [0.4, 0.5) is 5.69 Å². The van der Waals surface area contributed by atoms with Crippen LogP contribution in [0.5, 0.6) is 0 Å². The Hall–Kier alpha value is -2.97. The first-order valence-corrected chi connectivity index (χ1v) is 10.6. The van der Waals surface area contributed by atoms with Gasteiger partial charge in [0, 0.05) is 43.5 Å². The van der Waals surface area contributed by atoms with E-state index in [0.717, 1.165) is 11.8 Å². The molecule has 0 atom stereocenters. The maximum Gasteiger partial charge on any atom is 0.328 e. The van der Waals surface area contributed by atoms with Crippen molar-refractivity contribution in [1.82, 2.24) is 4.31 Å². The third-order valence-corrected chi connectivity index (χ3v) is 6.69. The first kappa shape index (κ1) is 20.8. The van der Waals surface area contributed by atoms with Gasteiger partial charge >= 0.3 is 5.97 Å². The van der Waals surface area contributed by atoms with Gasteiger partial charge in [0.1, 0.15) is 0 Å². The number of piperazine rings is 1. The number of rotatable bonds is 6. The molecule has 1 N–H and O–H groups in total. The van der Waals surface area contributed by atoms with Gasteiger partial charge in [-0.15, -0.1) is 0 Å². The Morgan fingerprint density at radius 3 is 2.24 bits per heavy atom. The maximum absolute atomic E-state index is 13.0. The van der Waals surface area contributed by atoms with Gasteiger partial charge in [0.2, 0.25) is 10.0 Å². The predicted octanol–water partition coefficient (Wildman–Crippen LogP) is 2.50. The molecule has 0 spiro atoms. The van der Waals surface area contributed by atoms with Crippen molar-refractivity contribution >= 4 is 33.5 Å². The number of anilines is 1. The van der Waals surface area contributed by atoms with Gasteiger partial charge in [-0.2, -0.15) is 4.31 Å². The summed E-state index contributed by atoms with van der Waals surface area (Å²) in [5.41, 5.74) is 2.11. The molecule has 2 aromatic rings. The molecule has 0 unspecified atom stereocenters. The molecular formula is C21H22N2O5S. The van der Waals surface area contributed by atoms with Crippen LogP contribution in [0.3, 0.4) is 0 Å². The van der Waals surface area contributed by atoms with E-state index < -0.39 is 16.0 Å². The van der Waals surface area contributed by atoms with Crippen molar-refractivity contribution in [2.24, 2.45) is 0 Å². The molecule has 152 valence electrons. The van der Waals surface area contributed by atoms with Crippen LogP contribution in [0.15, 0.2) is 59.5 Å². The molecular weight excluding hydrogens is 392 g/mol. The van der Waals surface area contributed by atoms with Crippen molar-refractivity contribution in [1.29, 1.82) is 0 Å². The van der Waals surface area contributed by atoms with Crippen molar-refractivity contribution in [3.05, 3.63) is 65.7 Å². The van der Waals surface area contributed by atoms with E-state index in [0.29, 0.717) is 37.3 Å². The zero-order chi connectivity index (χ0) is 21.0. The molecule has 1 fully saturated rings. The zero-order valence-electron chi connectivity index (χ0n) is 16.0. The fourth-order valence-electron chi connectivity index (χ4n) is 3.19. The smallest absolute Gasteiger partial charge is 0.328 e. The van der Waals surface area contributed by atoms with E-state index >= 15 is 0 Å². The number of aliphatic carboxylic acids is 1. The molecule has 2 aromatic carbocycles. The van der Waals surface area contributed by atoms with Gasteiger partial charge < -0.3 is 10.0 Å². The molecule has 0 bridgehead atoms. The monoisotopic (exact) mass is 414 g/mol. The Kier molecular flexibility index (Phi) is 6.14. The third kappa shape index (κ3) is 4.90. The average Bonchev–Trinajstić information content (AvgIpc) is 2.72. The molecule has 0 amide bonds. The second-order valence-electron chi connectivity index (χ2n) is 6.74. The van der Waals surface area contributed by atoms with Crippen LogP contribution in [0.2, 0.25) is 0 Å². The summed E-state index contributed by atoms with van der Waals surface area (Å²) in [7, 11) is -3.67. The maximum atomic E-state index is 13.0. The van der Waals surface area contributed by atoms with Crippen molar-refractivity contribution < 1.29 is 23.1 Å². The SMILES string of the molecule is CC(=O)c1ccc(N2CCN(S(=O)(=O)c3cccc(/C=C/C(=O)O)c3)CC2)cc1. The number of carbonyl (C=O) groups excluding carboxylic acids is 1. The lowest BCUT2D eigenvalue weighted by atomic mass is 10.1. The number of hydrogen-bond acceptors (Lipinski definition) is 5. The fourth-order valence-corrected chi connectivity index (χ4v) is 4.67. The number of hydrogen-bond donors (Lipinski definition) is 1. The predicted molar refractivity (Wildman–Crippen MR) is 111 cm³/mol. The molecule has 3 rings (SSSR count). The Balaban J connectivity index is 1.70. The lowest BCUT2D eigenvalue weighted by Crippen LogP contribution is -2.48. The lowest BCUT2D eigenvalue weighted by Gasteiger charge is -2.35. The number of benzene rings is 2. The van der Waals surface area contributed by atoms with Crippen molar-refractivity contribution in [2.45, 2.75) is 11.8 Å². The first-order valence-electron chi connectivity index (χ1n) is 9.14. The highest BCUT2D eigenvalue weighted by molar-refractivity contribution is 7.89. The topological polar surface area (TPSA) is 95.0 Å². The van der Waals surface area contributed by atoms with Gasteiger partial charge in [-0.3, -0.25) is 4.79 Å². The summed E-state index contributed by atoms with van der Waals surface area (Å²) in [4.78, 5) is 24.3. The first-order chi connectivity index (χ1) is 13.8. The molecule has 1 aliphatic rings. The van der Waals surface area contributed by atoms with E-state index in [4.69, 9.17) is 5.11 Å². The van der Waals surface area contributed by atoms with Crippen molar-refractivity contribution in [3.8, 4) is 0 Å². The highest BCUT2D eigenvalue weighted by Crippen LogP contribution is 2.22. The van der Waals surface area contributed by atoms with Crippen LogP contribution in [-0.2, 0) is 14.8 Å². The fraction of sp³-hybridized carbons (Fsp3) is 0.238. The van der Waals surface area contributed by atoms with Crippen LogP contribution in [0.25, 0.3) is 6.08 Å². The number of carbonyl (C=O) groups is 2. The number of Topliss-reactive ketones (excluding diaryl/α,β-unsaturated/α-hetero) is 1. The van der Waals surface area contributed by atoms with Gasteiger partial charge in [-0.1, -0.05) is 12.1 Å². The number of nitrogens with zero attached hydrogens (tertiary/aromatic N) is 2. The molecule has 1 heterocycles. The number of carboxylic acid groups (broad SMARTS) is 1. The minimum atomic E-state index is -3.67. The Morgan fingerprint density at radius 2 is 1.66 bits per heavy atom. The summed E-state index contributed by atoms with van der Waals surface area (Å²) < 4.78 is 27.4. The number of ketones is 1. The van der Waals surface area contributed by atoms with E-state index in [1.807, 2.05) is 12.1 Å². The van der Waals surface area contributed by atoms with Gasteiger partial charge in [0.25, 0.3) is 0 Å². The molecule has 0 saturated carbocycles. The molecule has 7 nitrogen and oxygen atoms in total. The molecule has 0 radical (unpaired) electrons. The van der Waals surface area contributed by atoms with Crippen LogP contribution < -0.4 is 4.90 Å². The minimum absolute atomic E-state index is 0.00731. The quantitative estimate of drug-likeness (QED) is 0.576. The molecule has 29 heavy (non-hydrogen) atoms. The Morgan fingerprint density at radius 1 is 1.00 bits per heavy atom. The van der Waals surface area contributed by atoms with Crippen LogP contribution >= 0.6 is 0 Å². The Bertz CT molecular complexity index is 1040. The largest absolute Gasteiger partial charge is 0.478 e. The number of carboxylic acids is 1. The van der Waals surface area contributed by atoms with Crippen LogP contribution in [0.1, 0.15) is 22.8 Å². The minimum Gasteiger partial charge on any atom is -0.478 e. The van der Waals surface area contributed by atoms with Crippen LogP contribution in [0, 0.1) is 0 Å². The zero-order valence-corrected chi connectivity index (χ0v) is 16.8. The van der Waals surface area contributed by atoms with Crippen molar-refractivity contribution in [2.75, 3.05) is 31.1 Å². The number of sulfonamides is 1.